The van der Waals surface area contributed by atoms with Gasteiger partial charge < -0.3 is 10.5 Å². The molecule has 17 heavy (non-hydrogen) atoms. The van der Waals surface area contributed by atoms with Gasteiger partial charge in [-0.3, -0.25) is 0 Å². The van der Waals surface area contributed by atoms with Crippen LogP contribution in [0.2, 0.25) is 0 Å². The Kier molecular flexibility index (Phi) is 4.00. The summed E-state index contributed by atoms with van der Waals surface area (Å²) in [5.74, 6) is 0.790. The average molecular weight is 237 g/mol. The smallest absolute Gasteiger partial charge is 0.168 e. The standard InChI is InChI=1S/C14H20FNO/c1-17-13-8-4-7-12(14(13)15)11-6-3-2-5-10(11)9-16/h4,7-8,10-11H,2-3,5-6,9,16H2,1H3. The average Bonchev–Trinajstić information content (AvgIpc) is 2.39. The number of methoxy groups -OCH3 is 1. The van der Waals surface area contributed by atoms with Crippen LogP contribution in [-0.2, 0) is 0 Å². The molecule has 1 aliphatic carbocycles. The van der Waals surface area contributed by atoms with E-state index in [0.29, 0.717) is 18.2 Å². The highest BCUT2D eigenvalue weighted by molar-refractivity contribution is 5.34. The molecule has 2 nitrogen and oxygen atoms in total. The first-order valence-corrected chi connectivity index (χ1v) is 6.30. The molecule has 0 spiro atoms. The van der Waals surface area contributed by atoms with E-state index < -0.39 is 0 Å². The Hall–Kier alpha value is -1.09. The van der Waals surface area contributed by atoms with Crippen LogP contribution in [0.5, 0.6) is 5.75 Å². The molecule has 0 aromatic heterocycles. The van der Waals surface area contributed by atoms with E-state index in [0.717, 1.165) is 24.8 Å². The predicted octanol–water partition coefficient (Wildman–Crippen LogP) is 3.07. The highest BCUT2D eigenvalue weighted by Crippen LogP contribution is 2.39. The Labute approximate surface area is 102 Å². The lowest BCUT2D eigenvalue weighted by molar-refractivity contribution is 0.303. The number of hydrogen-bond donors (Lipinski definition) is 1. The van der Waals surface area contributed by atoms with Crippen molar-refractivity contribution in [1.82, 2.24) is 0 Å². The largest absolute Gasteiger partial charge is 0.494 e. The number of ether oxygens (including phenoxy) is 1. The minimum atomic E-state index is -0.208. The van der Waals surface area contributed by atoms with Crippen molar-refractivity contribution in [2.75, 3.05) is 13.7 Å². The zero-order valence-electron chi connectivity index (χ0n) is 10.3. The molecule has 1 aliphatic rings. The van der Waals surface area contributed by atoms with E-state index in [1.165, 1.54) is 13.5 Å². The number of benzene rings is 1. The van der Waals surface area contributed by atoms with Gasteiger partial charge in [-0.1, -0.05) is 25.0 Å². The second kappa shape index (κ2) is 5.50. The Morgan fingerprint density at radius 3 is 2.82 bits per heavy atom. The molecule has 0 heterocycles. The van der Waals surface area contributed by atoms with E-state index in [1.54, 1.807) is 6.07 Å². The molecular formula is C14H20FNO. The maximum atomic E-state index is 14.2. The van der Waals surface area contributed by atoms with Crippen molar-refractivity contribution in [2.24, 2.45) is 11.7 Å². The number of halogens is 1. The van der Waals surface area contributed by atoms with Crippen LogP contribution < -0.4 is 10.5 Å². The van der Waals surface area contributed by atoms with Crippen LogP contribution in [0.1, 0.15) is 37.2 Å². The van der Waals surface area contributed by atoms with Crippen molar-refractivity contribution >= 4 is 0 Å². The molecule has 2 atom stereocenters. The normalized spacial score (nSPS) is 24.6. The predicted molar refractivity (Wildman–Crippen MR) is 66.7 cm³/mol. The third kappa shape index (κ3) is 2.44. The van der Waals surface area contributed by atoms with E-state index in [4.69, 9.17) is 10.5 Å². The molecule has 0 aliphatic heterocycles. The SMILES string of the molecule is COc1cccc(C2CCCCC2CN)c1F. The van der Waals surface area contributed by atoms with Crippen LogP contribution >= 0.6 is 0 Å². The first-order chi connectivity index (χ1) is 8.27. The molecule has 1 saturated carbocycles. The lowest BCUT2D eigenvalue weighted by atomic mass is 9.75. The summed E-state index contributed by atoms with van der Waals surface area (Å²) in [4.78, 5) is 0. The second-order valence-electron chi connectivity index (χ2n) is 4.75. The van der Waals surface area contributed by atoms with Crippen LogP contribution in [0.15, 0.2) is 18.2 Å². The zero-order valence-corrected chi connectivity index (χ0v) is 10.3. The summed E-state index contributed by atoms with van der Waals surface area (Å²) >= 11 is 0. The van der Waals surface area contributed by atoms with Crippen molar-refractivity contribution in [1.29, 1.82) is 0 Å². The van der Waals surface area contributed by atoms with Gasteiger partial charge in [0.15, 0.2) is 11.6 Å². The molecule has 1 fully saturated rings. The Morgan fingerprint density at radius 1 is 1.35 bits per heavy atom. The molecule has 2 N–H and O–H groups in total. The van der Waals surface area contributed by atoms with Gasteiger partial charge in [-0.2, -0.15) is 0 Å². The van der Waals surface area contributed by atoms with E-state index in [9.17, 15) is 4.39 Å². The van der Waals surface area contributed by atoms with Gasteiger partial charge in [0, 0.05) is 0 Å². The number of hydrogen-bond acceptors (Lipinski definition) is 2. The Balaban J connectivity index is 2.31. The van der Waals surface area contributed by atoms with Crippen molar-refractivity contribution < 1.29 is 9.13 Å². The van der Waals surface area contributed by atoms with Crippen LogP contribution in [0.4, 0.5) is 4.39 Å². The molecule has 0 amide bonds. The zero-order chi connectivity index (χ0) is 12.3. The number of nitrogens with two attached hydrogens (primary N) is 1. The van der Waals surface area contributed by atoms with Crippen molar-refractivity contribution in [2.45, 2.75) is 31.6 Å². The maximum absolute atomic E-state index is 14.2. The summed E-state index contributed by atoms with van der Waals surface area (Å²) in [7, 11) is 1.50. The number of rotatable bonds is 3. The molecule has 2 unspecified atom stereocenters. The molecule has 0 saturated heterocycles. The summed E-state index contributed by atoms with van der Waals surface area (Å²) in [6.07, 6.45) is 4.52. The summed E-state index contributed by atoms with van der Waals surface area (Å²) in [6, 6.07) is 5.40. The fraction of sp³-hybridized carbons (Fsp3) is 0.571. The molecule has 0 bridgehead atoms. The first-order valence-electron chi connectivity index (χ1n) is 6.30. The highest BCUT2D eigenvalue weighted by Gasteiger charge is 2.28. The monoisotopic (exact) mass is 237 g/mol. The Morgan fingerprint density at radius 2 is 2.12 bits per heavy atom. The summed E-state index contributed by atoms with van der Waals surface area (Å²) < 4.78 is 19.2. The van der Waals surface area contributed by atoms with Crippen molar-refractivity contribution in [3.63, 3.8) is 0 Å². The van der Waals surface area contributed by atoms with E-state index in [2.05, 4.69) is 0 Å². The minimum absolute atomic E-state index is 0.208. The molecule has 3 heteroatoms. The van der Waals surface area contributed by atoms with Gasteiger partial charge in [0.05, 0.1) is 7.11 Å². The molecule has 0 radical (unpaired) electrons. The Bertz CT molecular complexity index is 380. The maximum Gasteiger partial charge on any atom is 0.168 e. The van der Waals surface area contributed by atoms with Gasteiger partial charge in [0.25, 0.3) is 0 Å². The third-order valence-corrected chi connectivity index (χ3v) is 3.82. The van der Waals surface area contributed by atoms with Crippen LogP contribution in [0, 0.1) is 11.7 Å². The highest BCUT2D eigenvalue weighted by atomic mass is 19.1. The van der Waals surface area contributed by atoms with Gasteiger partial charge in [-0.25, -0.2) is 4.39 Å². The van der Waals surface area contributed by atoms with Gasteiger partial charge in [-0.05, 0) is 42.9 Å². The van der Waals surface area contributed by atoms with Gasteiger partial charge >= 0.3 is 0 Å². The third-order valence-electron chi connectivity index (χ3n) is 3.82. The second-order valence-corrected chi connectivity index (χ2v) is 4.75. The molecular weight excluding hydrogens is 217 g/mol. The first kappa shape index (κ1) is 12.4. The minimum Gasteiger partial charge on any atom is -0.494 e. The summed E-state index contributed by atoms with van der Waals surface area (Å²) in [5, 5.41) is 0. The van der Waals surface area contributed by atoms with Gasteiger partial charge in [0.1, 0.15) is 0 Å². The summed E-state index contributed by atoms with van der Waals surface area (Å²) in [6.45, 7) is 0.640. The topological polar surface area (TPSA) is 35.2 Å². The van der Waals surface area contributed by atoms with E-state index >= 15 is 0 Å². The fourth-order valence-electron chi connectivity index (χ4n) is 2.87. The molecule has 2 rings (SSSR count). The van der Waals surface area contributed by atoms with Crippen molar-refractivity contribution in [3.8, 4) is 5.75 Å². The van der Waals surface area contributed by atoms with Crippen LogP contribution in [0.3, 0.4) is 0 Å². The van der Waals surface area contributed by atoms with Crippen LogP contribution in [-0.4, -0.2) is 13.7 Å². The molecule has 94 valence electrons. The van der Waals surface area contributed by atoms with Crippen LogP contribution in [0.25, 0.3) is 0 Å². The van der Waals surface area contributed by atoms with E-state index in [-0.39, 0.29) is 11.7 Å². The lowest BCUT2D eigenvalue weighted by Crippen LogP contribution is -2.26. The quantitative estimate of drug-likeness (QED) is 0.876. The molecule has 1 aromatic carbocycles. The van der Waals surface area contributed by atoms with Crippen molar-refractivity contribution in [3.05, 3.63) is 29.6 Å². The fourth-order valence-corrected chi connectivity index (χ4v) is 2.87. The molecule has 1 aromatic rings. The lowest BCUT2D eigenvalue weighted by Gasteiger charge is -2.31. The van der Waals surface area contributed by atoms with Gasteiger partial charge in [0.2, 0.25) is 0 Å². The van der Waals surface area contributed by atoms with E-state index in [1.807, 2.05) is 12.1 Å². The summed E-state index contributed by atoms with van der Waals surface area (Å²) in [5.41, 5.74) is 6.58. The van der Waals surface area contributed by atoms with Gasteiger partial charge in [-0.15, -0.1) is 0 Å².